The summed E-state index contributed by atoms with van der Waals surface area (Å²) < 4.78 is 14.0. The third-order valence-corrected chi connectivity index (χ3v) is 6.89. The molecule has 3 aromatic carbocycles. The minimum Gasteiger partial charge on any atom is -0.508 e. The molecule has 116 valence electrons. The fourth-order valence-electron chi connectivity index (χ4n) is 2.56. The average molecular weight is 324 g/mol. The number of rotatable bonds is 4. The van der Waals surface area contributed by atoms with Crippen LogP contribution in [0.3, 0.4) is 0 Å². The van der Waals surface area contributed by atoms with Crippen molar-refractivity contribution in [1.82, 2.24) is 0 Å². The predicted molar refractivity (Wildman–Crippen MR) is 93.4 cm³/mol. The van der Waals surface area contributed by atoms with E-state index in [9.17, 15) is 14.8 Å². The van der Waals surface area contributed by atoms with E-state index >= 15 is 0 Å². The van der Waals surface area contributed by atoms with Gasteiger partial charge in [-0.2, -0.15) is 0 Å². The maximum Gasteiger partial charge on any atom is 0.171 e. The van der Waals surface area contributed by atoms with Crippen LogP contribution in [0.25, 0.3) is 0 Å². The Morgan fingerprint density at radius 2 is 1.17 bits per heavy atom. The van der Waals surface area contributed by atoms with Gasteiger partial charge in [0.25, 0.3) is 0 Å². The van der Waals surface area contributed by atoms with E-state index in [2.05, 4.69) is 0 Å². The van der Waals surface area contributed by atoms with Crippen LogP contribution in [0.4, 0.5) is 0 Å². The van der Waals surface area contributed by atoms with Crippen molar-refractivity contribution in [2.24, 2.45) is 0 Å². The molecule has 0 heterocycles. The Morgan fingerprint density at radius 3 is 1.70 bits per heavy atom. The molecule has 0 spiro atoms. The Bertz CT molecular complexity index is 825. The second-order valence-electron chi connectivity index (χ2n) is 5.29. The van der Waals surface area contributed by atoms with E-state index in [0.717, 1.165) is 10.9 Å². The monoisotopic (exact) mass is 324 g/mol. The topological polar surface area (TPSA) is 57.5 Å². The second kappa shape index (κ2) is 6.41. The first kappa shape index (κ1) is 15.5. The molecule has 0 aliphatic heterocycles. The zero-order valence-corrected chi connectivity index (χ0v) is 13.4. The summed E-state index contributed by atoms with van der Waals surface area (Å²) in [5, 5.41) is 20.8. The summed E-state index contributed by atoms with van der Waals surface area (Å²) in [7, 11) is -3.02. The molecule has 3 aromatic rings. The van der Waals surface area contributed by atoms with Crippen LogP contribution in [-0.2, 0) is 11.2 Å². The predicted octanol–water partition coefficient (Wildman–Crippen LogP) is 2.52. The average Bonchev–Trinajstić information content (AvgIpc) is 2.62. The first-order valence-electron chi connectivity index (χ1n) is 7.30. The SMILES string of the molecule is O=P(c1ccccc1)(c1ccc(O)cc1)c1ccc(CO)cc1. The van der Waals surface area contributed by atoms with Gasteiger partial charge in [0.2, 0.25) is 0 Å². The maximum absolute atomic E-state index is 14.0. The molecule has 0 bridgehead atoms. The van der Waals surface area contributed by atoms with Crippen LogP contribution in [0.5, 0.6) is 5.75 Å². The van der Waals surface area contributed by atoms with E-state index in [1.165, 1.54) is 0 Å². The van der Waals surface area contributed by atoms with Crippen molar-refractivity contribution < 1.29 is 14.8 Å². The van der Waals surface area contributed by atoms with E-state index in [4.69, 9.17) is 0 Å². The van der Waals surface area contributed by atoms with Crippen LogP contribution in [-0.4, -0.2) is 10.2 Å². The minimum absolute atomic E-state index is 0.0465. The molecule has 23 heavy (non-hydrogen) atoms. The zero-order chi connectivity index (χ0) is 16.3. The van der Waals surface area contributed by atoms with Crippen molar-refractivity contribution in [3.63, 3.8) is 0 Å². The number of benzene rings is 3. The highest BCUT2D eigenvalue weighted by Crippen LogP contribution is 2.42. The van der Waals surface area contributed by atoms with Gasteiger partial charge in [0.05, 0.1) is 6.61 Å². The van der Waals surface area contributed by atoms with Gasteiger partial charge < -0.3 is 14.8 Å². The molecule has 0 aliphatic carbocycles. The molecule has 0 aromatic heterocycles. The number of aliphatic hydroxyl groups is 1. The first-order chi connectivity index (χ1) is 11.1. The number of hydrogen-bond acceptors (Lipinski definition) is 3. The molecule has 1 unspecified atom stereocenters. The molecular weight excluding hydrogens is 307 g/mol. The molecule has 0 saturated carbocycles. The molecule has 3 rings (SSSR count). The third-order valence-electron chi connectivity index (χ3n) is 3.82. The normalized spacial score (nSPS) is 13.4. The number of phenolic OH excluding ortho intramolecular Hbond substituents is 1. The fourth-order valence-corrected chi connectivity index (χ4v) is 5.18. The van der Waals surface area contributed by atoms with Gasteiger partial charge in [-0.25, -0.2) is 0 Å². The summed E-state index contributed by atoms with van der Waals surface area (Å²) >= 11 is 0. The van der Waals surface area contributed by atoms with Gasteiger partial charge in [0.15, 0.2) is 7.14 Å². The molecule has 2 N–H and O–H groups in total. The quantitative estimate of drug-likeness (QED) is 0.725. The molecule has 0 saturated heterocycles. The van der Waals surface area contributed by atoms with E-state index in [1.807, 2.05) is 30.3 Å². The van der Waals surface area contributed by atoms with Crippen molar-refractivity contribution in [3.05, 3.63) is 84.4 Å². The number of aromatic hydroxyl groups is 1. The summed E-state index contributed by atoms with van der Waals surface area (Å²) in [6.07, 6.45) is 0. The van der Waals surface area contributed by atoms with Crippen LogP contribution in [0.1, 0.15) is 5.56 Å². The molecular formula is C19H17O3P. The smallest absolute Gasteiger partial charge is 0.171 e. The van der Waals surface area contributed by atoms with Crippen LogP contribution in [0.15, 0.2) is 78.9 Å². The van der Waals surface area contributed by atoms with Crippen molar-refractivity contribution in [1.29, 1.82) is 0 Å². The molecule has 0 aliphatic rings. The highest BCUT2D eigenvalue weighted by Gasteiger charge is 2.29. The summed E-state index contributed by atoms with van der Waals surface area (Å²) in [5.74, 6) is 0.143. The van der Waals surface area contributed by atoms with Crippen molar-refractivity contribution in [2.45, 2.75) is 6.61 Å². The van der Waals surface area contributed by atoms with Gasteiger partial charge in [-0.05, 0) is 29.8 Å². The van der Waals surface area contributed by atoms with Crippen molar-refractivity contribution in [2.75, 3.05) is 0 Å². The molecule has 0 radical (unpaired) electrons. The van der Waals surface area contributed by atoms with Gasteiger partial charge in [-0.1, -0.05) is 54.6 Å². The van der Waals surface area contributed by atoms with Gasteiger partial charge >= 0.3 is 0 Å². The molecule has 1 atom stereocenters. The molecule has 0 amide bonds. The Balaban J connectivity index is 2.21. The summed E-state index contributed by atoms with van der Waals surface area (Å²) in [6.45, 7) is -0.0465. The van der Waals surface area contributed by atoms with Gasteiger partial charge in [0.1, 0.15) is 5.75 Å². The van der Waals surface area contributed by atoms with Crippen molar-refractivity contribution >= 4 is 23.1 Å². The number of hydrogen-bond donors (Lipinski definition) is 2. The lowest BCUT2D eigenvalue weighted by molar-refractivity contribution is 0.282. The molecule has 3 nitrogen and oxygen atoms in total. The summed E-state index contributed by atoms with van der Waals surface area (Å²) in [6, 6.07) is 23.0. The lowest BCUT2D eigenvalue weighted by atomic mass is 10.2. The van der Waals surface area contributed by atoms with E-state index in [-0.39, 0.29) is 12.4 Å². The van der Waals surface area contributed by atoms with E-state index in [1.54, 1.807) is 48.5 Å². The van der Waals surface area contributed by atoms with Crippen LogP contribution in [0.2, 0.25) is 0 Å². The Labute approximate surface area is 135 Å². The standard InChI is InChI=1S/C19H17O3P/c20-14-15-6-10-18(11-7-15)23(22,17-4-2-1-3-5-17)19-12-8-16(21)9-13-19/h1-13,20-21H,14H2. The van der Waals surface area contributed by atoms with Crippen LogP contribution < -0.4 is 15.9 Å². The lowest BCUT2D eigenvalue weighted by Gasteiger charge is -2.20. The highest BCUT2D eigenvalue weighted by atomic mass is 31.2. The minimum atomic E-state index is -3.02. The third kappa shape index (κ3) is 2.94. The lowest BCUT2D eigenvalue weighted by Crippen LogP contribution is -2.24. The Morgan fingerprint density at radius 1 is 0.696 bits per heavy atom. The van der Waals surface area contributed by atoms with E-state index < -0.39 is 7.14 Å². The Hall–Kier alpha value is -2.35. The zero-order valence-electron chi connectivity index (χ0n) is 12.5. The second-order valence-corrected chi connectivity index (χ2v) is 8.05. The largest absolute Gasteiger partial charge is 0.508 e. The van der Waals surface area contributed by atoms with Gasteiger partial charge in [0, 0.05) is 15.9 Å². The van der Waals surface area contributed by atoms with Crippen LogP contribution >= 0.6 is 7.14 Å². The Kier molecular flexibility index (Phi) is 4.33. The van der Waals surface area contributed by atoms with Gasteiger partial charge in [-0.3, -0.25) is 0 Å². The molecule has 4 heteroatoms. The van der Waals surface area contributed by atoms with Crippen LogP contribution in [0, 0.1) is 0 Å². The van der Waals surface area contributed by atoms with Gasteiger partial charge in [-0.15, -0.1) is 0 Å². The van der Waals surface area contributed by atoms with E-state index in [0.29, 0.717) is 10.6 Å². The highest BCUT2D eigenvalue weighted by molar-refractivity contribution is 7.85. The fraction of sp³-hybridized carbons (Fsp3) is 0.0526. The molecule has 0 fully saturated rings. The number of aliphatic hydroxyl groups excluding tert-OH is 1. The first-order valence-corrected chi connectivity index (χ1v) is 9.01. The summed E-state index contributed by atoms with van der Waals surface area (Å²) in [5.41, 5.74) is 0.777. The number of phenols is 1. The van der Waals surface area contributed by atoms with Crippen molar-refractivity contribution in [3.8, 4) is 5.75 Å². The summed E-state index contributed by atoms with van der Waals surface area (Å²) in [4.78, 5) is 0. The maximum atomic E-state index is 14.0.